The largest absolute Gasteiger partial charge is 0.466 e. The fraction of sp³-hybridized carbons (Fsp3) is 0.920. The van der Waals surface area contributed by atoms with Crippen molar-refractivity contribution in [3.8, 4) is 6.19 Å². The summed E-state index contributed by atoms with van der Waals surface area (Å²) in [6.07, 6.45) is 40.1. The summed E-state index contributed by atoms with van der Waals surface area (Å²) in [5, 5.41) is 11.7. The zero-order valence-electron chi connectivity index (χ0n) is 39.9. The molecular weight excluding hydrogens is 735 g/mol. The molecule has 346 valence electrons. The van der Waals surface area contributed by atoms with E-state index in [2.05, 4.69) is 42.9 Å². The molecule has 0 aliphatic carbocycles. The summed E-state index contributed by atoms with van der Waals surface area (Å²) in [6.45, 7) is 13.3. The second kappa shape index (κ2) is 43.7. The molecule has 59 heavy (non-hydrogen) atoms. The highest BCUT2D eigenvalue weighted by Gasteiger charge is 2.15. The Hall–Kier alpha value is -2.34. The van der Waals surface area contributed by atoms with Gasteiger partial charge in [-0.15, -0.1) is 0 Å². The van der Waals surface area contributed by atoms with Crippen molar-refractivity contribution < 1.29 is 19.1 Å². The van der Waals surface area contributed by atoms with Gasteiger partial charge in [-0.05, 0) is 83.3 Å². The standard InChI is InChI=1S/C50H97N5O4/c1-7-10-13-16-21-28-36-47(37-29-22-17-14-11-8-2)59-48(56)38-30-23-18-24-31-40-55(42-34-39-52-50(53-45-51)54(5)6)41-32-25-19-26-33-43-58-49(57)44-46(4)35-27-20-15-12-9-3/h46-47H,7-44H2,1-6H3,(H,52,53). The van der Waals surface area contributed by atoms with Gasteiger partial charge in [0.15, 0.2) is 6.19 Å². The van der Waals surface area contributed by atoms with Crippen molar-refractivity contribution in [1.29, 1.82) is 5.26 Å². The molecule has 0 rings (SSSR count). The number of hydrogen-bond donors (Lipinski definition) is 1. The molecule has 0 aromatic heterocycles. The Morgan fingerprint density at radius 2 is 1.05 bits per heavy atom. The van der Waals surface area contributed by atoms with Gasteiger partial charge in [-0.25, -0.2) is 0 Å². The van der Waals surface area contributed by atoms with E-state index in [1.807, 2.05) is 25.2 Å². The molecule has 0 aliphatic rings. The Morgan fingerprint density at radius 3 is 1.58 bits per heavy atom. The summed E-state index contributed by atoms with van der Waals surface area (Å²) in [4.78, 5) is 34.1. The molecule has 9 nitrogen and oxygen atoms in total. The topological polar surface area (TPSA) is 107 Å². The molecule has 0 aromatic carbocycles. The fourth-order valence-corrected chi connectivity index (χ4v) is 7.80. The van der Waals surface area contributed by atoms with Gasteiger partial charge in [-0.2, -0.15) is 5.26 Å². The lowest BCUT2D eigenvalue weighted by atomic mass is 9.99. The first-order valence-electron chi connectivity index (χ1n) is 25.2. The van der Waals surface area contributed by atoms with Crippen LogP contribution in [0.15, 0.2) is 4.99 Å². The average molecular weight is 832 g/mol. The summed E-state index contributed by atoms with van der Waals surface area (Å²) >= 11 is 0. The van der Waals surface area contributed by atoms with Gasteiger partial charge >= 0.3 is 11.9 Å². The third-order valence-electron chi connectivity index (χ3n) is 11.6. The molecule has 0 heterocycles. The maximum absolute atomic E-state index is 12.9. The SMILES string of the molecule is CCCCCCCCC(CCCCCCCC)OC(=O)CCCCCCCN(CCCCCCCOC(=O)CC(C)CCCCCCC)CCCN=C(NC#N)N(C)C. The first-order valence-corrected chi connectivity index (χ1v) is 25.2. The van der Waals surface area contributed by atoms with E-state index in [4.69, 9.17) is 14.7 Å². The Balaban J connectivity index is 4.54. The number of carbonyl (C=O) groups is 2. The number of carbonyl (C=O) groups excluding carboxylic acids is 2. The van der Waals surface area contributed by atoms with Crippen molar-refractivity contribution in [2.75, 3.05) is 46.9 Å². The number of esters is 2. The summed E-state index contributed by atoms with van der Waals surface area (Å²) in [5.41, 5.74) is 0. The smallest absolute Gasteiger partial charge is 0.306 e. The number of nitrogens with one attached hydrogen (secondary N) is 1. The van der Waals surface area contributed by atoms with Crippen molar-refractivity contribution in [3.63, 3.8) is 0 Å². The first kappa shape index (κ1) is 56.7. The molecule has 0 fully saturated rings. The predicted molar refractivity (Wildman–Crippen MR) is 251 cm³/mol. The van der Waals surface area contributed by atoms with Gasteiger partial charge in [0.2, 0.25) is 5.96 Å². The number of guanidine groups is 1. The van der Waals surface area contributed by atoms with Crippen molar-refractivity contribution >= 4 is 17.9 Å². The van der Waals surface area contributed by atoms with Crippen molar-refractivity contribution in [2.45, 2.75) is 246 Å². The van der Waals surface area contributed by atoms with Gasteiger partial charge in [0.1, 0.15) is 6.10 Å². The molecule has 9 heteroatoms. The minimum atomic E-state index is -0.0315. The van der Waals surface area contributed by atoms with Gasteiger partial charge in [-0.3, -0.25) is 19.9 Å². The van der Waals surface area contributed by atoms with E-state index in [-0.39, 0.29) is 18.0 Å². The minimum Gasteiger partial charge on any atom is -0.466 e. The van der Waals surface area contributed by atoms with Crippen LogP contribution in [0.2, 0.25) is 0 Å². The molecule has 1 atom stereocenters. The van der Waals surface area contributed by atoms with Crippen LogP contribution in [-0.2, 0) is 19.1 Å². The maximum Gasteiger partial charge on any atom is 0.306 e. The maximum atomic E-state index is 12.9. The highest BCUT2D eigenvalue weighted by Crippen LogP contribution is 2.19. The number of ether oxygens (including phenoxy) is 2. The summed E-state index contributed by atoms with van der Waals surface area (Å²) in [7, 11) is 3.79. The molecular formula is C50H97N5O4. The van der Waals surface area contributed by atoms with Crippen LogP contribution in [0.3, 0.4) is 0 Å². The number of hydrogen-bond acceptors (Lipinski definition) is 7. The third kappa shape index (κ3) is 39.5. The lowest BCUT2D eigenvalue weighted by Gasteiger charge is -2.22. The van der Waals surface area contributed by atoms with Crippen LogP contribution in [0.5, 0.6) is 0 Å². The second-order valence-corrected chi connectivity index (χ2v) is 17.8. The van der Waals surface area contributed by atoms with Crippen molar-refractivity contribution in [2.24, 2.45) is 10.9 Å². The van der Waals surface area contributed by atoms with Crippen LogP contribution in [0, 0.1) is 17.4 Å². The first-order chi connectivity index (χ1) is 28.8. The van der Waals surface area contributed by atoms with Gasteiger partial charge < -0.3 is 19.3 Å². The van der Waals surface area contributed by atoms with Gasteiger partial charge in [-0.1, -0.05) is 169 Å². The Bertz CT molecular complexity index is 1000. The molecule has 0 amide bonds. The zero-order chi connectivity index (χ0) is 43.4. The van der Waals surface area contributed by atoms with Gasteiger partial charge in [0, 0.05) is 33.5 Å². The number of aliphatic imine (C=N–C) groups is 1. The number of rotatable bonds is 43. The number of unbranched alkanes of at least 4 members (excludes halogenated alkanes) is 22. The molecule has 1 N–H and O–H groups in total. The molecule has 0 saturated heterocycles. The average Bonchev–Trinajstić information content (AvgIpc) is 3.21. The van der Waals surface area contributed by atoms with Crippen LogP contribution in [-0.4, -0.2) is 80.7 Å². The van der Waals surface area contributed by atoms with E-state index in [0.29, 0.717) is 37.9 Å². The molecule has 0 aliphatic heterocycles. The van der Waals surface area contributed by atoms with Crippen LogP contribution in [0.25, 0.3) is 0 Å². The number of nitrogens with zero attached hydrogens (tertiary/aromatic N) is 4. The van der Waals surface area contributed by atoms with E-state index in [1.54, 1.807) is 0 Å². The fourth-order valence-electron chi connectivity index (χ4n) is 7.80. The van der Waals surface area contributed by atoms with Gasteiger partial charge in [0.05, 0.1) is 6.61 Å². The Labute approximate surface area is 366 Å². The quantitative estimate of drug-likeness (QED) is 0.0162. The minimum absolute atomic E-state index is 0.0117. The Morgan fingerprint density at radius 1 is 0.593 bits per heavy atom. The summed E-state index contributed by atoms with van der Waals surface area (Å²) in [5.74, 6) is 0.997. The number of nitriles is 1. The highest BCUT2D eigenvalue weighted by molar-refractivity contribution is 5.80. The van der Waals surface area contributed by atoms with Crippen LogP contribution < -0.4 is 5.32 Å². The Kier molecular flexibility index (Phi) is 42.0. The second-order valence-electron chi connectivity index (χ2n) is 17.8. The van der Waals surface area contributed by atoms with E-state index in [9.17, 15) is 9.59 Å². The zero-order valence-corrected chi connectivity index (χ0v) is 39.9. The molecule has 0 aromatic rings. The van der Waals surface area contributed by atoms with Crippen molar-refractivity contribution in [1.82, 2.24) is 15.1 Å². The lowest BCUT2D eigenvalue weighted by Crippen LogP contribution is -2.34. The summed E-state index contributed by atoms with van der Waals surface area (Å²) < 4.78 is 11.6. The summed E-state index contributed by atoms with van der Waals surface area (Å²) in [6, 6.07) is 0. The molecule has 1 unspecified atom stereocenters. The molecule has 0 spiro atoms. The normalized spacial score (nSPS) is 12.2. The van der Waals surface area contributed by atoms with E-state index in [1.165, 1.54) is 128 Å². The van der Waals surface area contributed by atoms with Crippen LogP contribution in [0.1, 0.15) is 240 Å². The monoisotopic (exact) mass is 832 g/mol. The van der Waals surface area contributed by atoms with Crippen molar-refractivity contribution in [3.05, 3.63) is 0 Å². The van der Waals surface area contributed by atoms with E-state index in [0.717, 1.165) is 90.3 Å². The highest BCUT2D eigenvalue weighted by atomic mass is 16.5. The lowest BCUT2D eigenvalue weighted by molar-refractivity contribution is -0.150. The molecule has 0 radical (unpaired) electrons. The van der Waals surface area contributed by atoms with Crippen LogP contribution in [0.4, 0.5) is 0 Å². The molecule has 0 bridgehead atoms. The van der Waals surface area contributed by atoms with Gasteiger partial charge in [0.25, 0.3) is 0 Å². The van der Waals surface area contributed by atoms with E-state index < -0.39 is 0 Å². The predicted octanol–water partition coefficient (Wildman–Crippen LogP) is 13.3. The molecule has 0 saturated carbocycles. The van der Waals surface area contributed by atoms with E-state index >= 15 is 0 Å². The van der Waals surface area contributed by atoms with Crippen LogP contribution >= 0.6 is 0 Å². The third-order valence-corrected chi connectivity index (χ3v) is 11.6.